The summed E-state index contributed by atoms with van der Waals surface area (Å²) in [7, 11) is 57.4. The molecule has 0 aliphatic heterocycles. The van der Waals surface area contributed by atoms with Gasteiger partial charge in [0.05, 0.1) is 16.1 Å². The summed E-state index contributed by atoms with van der Waals surface area (Å²) in [5.74, 6) is 4.32. The Hall–Kier alpha value is 8.95. The average Bonchev–Trinajstić information content (AvgIpc) is 1.66. The molecular formula is C100H232Cl12Si2Zr6. The van der Waals surface area contributed by atoms with Crippen molar-refractivity contribution in [2.45, 2.75) is 537 Å². The first-order valence-corrected chi connectivity index (χ1v) is 84.8. The summed E-state index contributed by atoms with van der Waals surface area (Å²) < 4.78 is 0. The standard InChI is InChI=1S/C17H36Si2.C15H28.C14H24.6C5H10.12CH4.12CH3.12ClH.6Zr/c1-18(2,16-10-5-6-11-16)14-9-15-19(3,4)17-12-7-8-13-17;1(2-8-14-10-4-5-11-14)3-9-15-12-6-7-13-15;1-2-8-13(7-1)11-5-6-12-14-9-3-4-10-14;6*1-2-4-5-3-1;;;;;;;;;;;;;;;;;;;;;;;;;;;;;;;;;;;;;;;;;;/h16-17H,5-15H2,1-4H3;14-15H,1-13H2;5-6,13-14H,1-4,7-12H2;6*1-5H2;12*1H4;12*1H3;12*1H;;;;;;/q;;;;;;;;;;;;;;;;;;;;;12*-1;;;;;;;;;;;;;6*+4/p-12/b;;6-5+;;;;;;;;;;;;;;;;;;;;;;;;;;;;;;;;;;;;;;;;;;;;;;;;. The van der Waals surface area contributed by atoms with Crippen molar-refractivity contribution in [3.63, 3.8) is 0 Å². The second kappa shape index (κ2) is 168. The molecule has 20 heteroatoms. The van der Waals surface area contributed by atoms with Crippen molar-refractivity contribution in [1.82, 2.24) is 0 Å². The monoisotopic (exact) mass is 2450 g/mol. The summed E-state index contributed by atoms with van der Waals surface area (Å²) in [5.41, 5.74) is 2.34. The number of halogens is 12. The van der Waals surface area contributed by atoms with Gasteiger partial charge in [0.15, 0.2) is 0 Å². The molecule has 12 aliphatic carbocycles. The molecule has 12 saturated carbocycles. The third-order valence-corrected chi connectivity index (χ3v) is 31.7. The van der Waals surface area contributed by atoms with Gasteiger partial charge in [-0.15, -0.1) is 0 Å². The van der Waals surface area contributed by atoms with Crippen LogP contribution in [-0.4, -0.2) is 16.1 Å². The van der Waals surface area contributed by atoms with Crippen molar-refractivity contribution in [1.29, 1.82) is 0 Å². The summed E-state index contributed by atoms with van der Waals surface area (Å²) in [6.07, 6.45) is 98.5. The third kappa shape index (κ3) is 150. The molecule has 0 N–H and O–H groups in total. The van der Waals surface area contributed by atoms with Gasteiger partial charge in [-0.05, 0) is 47.6 Å². The number of unbranched alkanes of at least 4 members (excludes halogenated alkanes) is 2. The van der Waals surface area contributed by atoms with Crippen LogP contribution in [0.15, 0.2) is 12.2 Å². The Bertz CT molecular complexity index is 1240. The van der Waals surface area contributed by atoms with Crippen LogP contribution in [0.25, 0.3) is 0 Å². The van der Waals surface area contributed by atoms with Crippen molar-refractivity contribution in [2.75, 3.05) is 0 Å². The van der Waals surface area contributed by atoms with Crippen molar-refractivity contribution in [3.05, 3.63) is 101 Å². The maximum atomic E-state index is 4.93. The van der Waals surface area contributed by atoms with E-state index < -0.39 is 141 Å². The fraction of sp³-hybridized carbons (Fsp3) is 0.860. The van der Waals surface area contributed by atoms with Gasteiger partial charge in [-0.1, -0.05) is 525 Å². The molecule has 12 rings (SSSR count). The second-order valence-corrected chi connectivity index (χ2v) is 64.0. The van der Waals surface area contributed by atoms with Gasteiger partial charge >= 0.3 is 227 Å². The topological polar surface area (TPSA) is 0 Å². The summed E-state index contributed by atoms with van der Waals surface area (Å²) in [4.78, 5) is 0. The van der Waals surface area contributed by atoms with E-state index in [0.717, 1.165) is 23.7 Å². The van der Waals surface area contributed by atoms with Gasteiger partial charge < -0.3 is 89.1 Å². The van der Waals surface area contributed by atoms with Crippen LogP contribution in [0.5, 0.6) is 0 Å². The normalized spacial score (nSPS) is 16.2. The van der Waals surface area contributed by atoms with Gasteiger partial charge in [-0.2, -0.15) is 0 Å². The molecule has 0 bridgehead atoms. The zero-order valence-corrected chi connectivity index (χ0v) is 100. The van der Waals surface area contributed by atoms with E-state index in [0.29, 0.717) is 0 Å². The fourth-order valence-electron chi connectivity index (χ4n) is 16.8. The van der Waals surface area contributed by atoms with E-state index in [2.05, 4.69) is 38.3 Å². The molecule has 120 heavy (non-hydrogen) atoms. The van der Waals surface area contributed by atoms with Crippen molar-refractivity contribution in [3.8, 4) is 0 Å². The van der Waals surface area contributed by atoms with Crippen LogP contribution < -0.4 is 0 Å². The predicted molar refractivity (Wildman–Crippen MR) is 589 cm³/mol. The summed E-state index contributed by atoms with van der Waals surface area (Å²) in [5, 5.41) is 0. The minimum atomic E-state index is -0.887. The molecule has 0 nitrogen and oxygen atoms in total. The Morgan fingerprint density at radius 3 is 0.458 bits per heavy atom. The Labute approximate surface area is 892 Å². The van der Waals surface area contributed by atoms with Crippen LogP contribution in [-0.2, 0) is 125 Å². The Morgan fingerprint density at radius 2 is 0.317 bits per heavy atom. The van der Waals surface area contributed by atoms with Crippen molar-refractivity contribution >= 4 is 118 Å². The minimum absolute atomic E-state index is 0. The molecule has 0 heterocycles. The zero-order chi connectivity index (χ0) is 71.4. The summed E-state index contributed by atoms with van der Waals surface area (Å²) in [6, 6.07) is 3.25. The van der Waals surface area contributed by atoms with Gasteiger partial charge in [-0.25, -0.2) is 0 Å². The van der Waals surface area contributed by atoms with Gasteiger partial charge in [0.2, 0.25) is 0 Å². The molecule has 0 saturated heterocycles. The first-order valence-electron chi connectivity index (χ1n) is 40.2. The molecule has 0 unspecified atom stereocenters. The first kappa shape index (κ1) is 203. The van der Waals surface area contributed by atoms with Gasteiger partial charge in [0.25, 0.3) is 0 Å². The molecule has 12 aliphatic rings. The predicted octanol–water partition coefficient (Wildman–Crippen LogP) is 49.7. The van der Waals surface area contributed by atoms with E-state index in [1.807, 2.05) is 0 Å². The van der Waals surface area contributed by atoms with Crippen molar-refractivity contribution < 1.29 is 125 Å². The van der Waals surface area contributed by atoms with Crippen LogP contribution in [0.2, 0.25) is 49.4 Å². The van der Waals surface area contributed by atoms with Crippen LogP contribution >= 0.6 is 102 Å². The average molecular weight is 2460 g/mol. The molecule has 0 radical (unpaired) electrons. The number of hydrogen-bond acceptors (Lipinski definition) is 0. The zero-order valence-electron chi connectivity index (χ0n) is 74.4. The Balaban J connectivity index is -0.0000000318. The molecule has 0 spiro atoms. The van der Waals surface area contributed by atoms with Crippen LogP contribution in [0.1, 0.15) is 487 Å². The molecule has 0 aromatic heterocycles. The van der Waals surface area contributed by atoms with Gasteiger partial charge in [-0.3, -0.25) is 0 Å². The second-order valence-electron chi connectivity index (χ2n) is 31.0. The van der Waals surface area contributed by atoms with Crippen molar-refractivity contribution in [2.24, 2.45) is 23.7 Å². The fourth-order valence-corrected chi connectivity index (χ4v) is 24.1. The maximum absolute atomic E-state index is 4.93. The molecule has 748 valence electrons. The van der Waals surface area contributed by atoms with Gasteiger partial charge in [0.1, 0.15) is 0 Å². The summed E-state index contributed by atoms with van der Waals surface area (Å²) >= 11 is -4.95. The van der Waals surface area contributed by atoms with Crippen LogP contribution in [0.4, 0.5) is 0 Å². The number of allylic oxidation sites excluding steroid dienone is 2. The number of hydrogen-bond donors (Lipinski definition) is 0. The summed E-state index contributed by atoms with van der Waals surface area (Å²) in [6.45, 7) is 10.8. The van der Waals surface area contributed by atoms with Gasteiger partial charge in [0, 0.05) is 0 Å². The van der Waals surface area contributed by atoms with E-state index in [1.54, 1.807) is 82.7 Å². The van der Waals surface area contributed by atoms with E-state index in [4.69, 9.17) is 102 Å². The number of rotatable bonds is 16. The van der Waals surface area contributed by atoms with E-state index in [1.165, 1.54) is 339 Å². The van der Waals surface area contributed by atoms with Crippen LogP contribution in [0, 0.1) is 113 Å². The van der Waals surface area contributed by atoms with E-state index >= 15 is 0 Å². The van der Waals surface area contributed by atoms with E-state index in [9.17, 15) is 0 Å². The quantitative estimate of drug-likeness (QED) is 0.0625. The Morgan fingerprint density at radius 1 is 0.192 bits per heavy atom. The van der Waals surface area contributed by atoms with E-state index in [-0.39, 0.29) is 178 Å². The Kier molecular flexibility index (Phi) is 284. The molecule has 0 atom stereocenters. The SMILES string of the molecule is C.C.C.C.C.C.C.C.C.C.C.C.C(=C\CC1CCCC1)/CC1CCCC1.C(CCC1CCCC1)CCC1CCCC1.C1CCCC1.C1CCCC1.C1CCCC1.C1CCCC1.C1CCCC1.C1CCCC1.C[Si](C)(CCC[Si](C)(C)C1CCCC1)C1CCCC1.[CH3-].[CH3-].[CH3-].[CH3-].[CH3-].[CH3-].[CH3-].[CH3-].[CH3-].[CH3-].[CH3-].[CH3-].[Cl][Zr+2][Cl].[Cl][Zr+2][Cl].[Cl][Zr+2][Cl].[Cl][Zr+2][Cl].[Cl][Zr+2][Cl].[Cl][Zr+2][Cl]. The molecule has 0 aromatic carbocycles. The third-order valence-electron chi connectivity index (χ3n) is 22.8. The van der Waals surface area contributed by atoms with Crippen LogP contribution in [0.3, 0.4) is 0 Å². The molecule has 12 fully saturated rings. The molecule has 0 amide bonds. The first-order chi connectivity index (χ1) is 46.8. The molecular weight excluding hydrogens is 2230 g/mol. The molecule has 0 aromatic rings.